The Morgan fingerprint density at radius 1 is 0.923 bits per heavy atom. The van der Waals surface area contributed by atoms with E-state index in [1.54, 1.807) is 11.1 Å². The maximum Gasteiger partial charge on any atom is 0.258 e. The molecular weight excluding hydrogens is 341 g/mol. The first-order chi connectivity index (χ1) is 12.7. The highest BCUT2D eigenvalue weighted by Gasteiger charge is 2.52. The standard InChI is InChI=1S/C22H32NO2P/c1-23(2)26-24-19-13-11-15-7-3-5-9-17(15)21(19)22-18-10-6-4-8-16(18)12-14-20(22)25-26/h3,5,7,9,16,18-22H,4,6,8,10-14H2,1-2H3/t16?,18?,19?,20?,21-,22+,26?/m1/s1. The smallest absolute Gasteiger partial charge is 0.258 e. The molecule has 1 aromatic rings. The summed E-state index contributed by atoms with van der Waals surface area (Å²) >= 11 is 0. The molecule has 142 valence electrons. The molecule has 0 aromatic heterocycles. The quantitative estimate of drug-likeness (QED) is 0.606. The van der Waals surface area contributed by atoms with Crippen LogP contribution in [0.1, 0.15) is 62.0 Å². The summed E-state index contributed by atoms with van der Waals surface area (Å²) in [5.41, 5.74) is 3.13. The summed E-state index contributed by atoms with van der Waals surface area (Å²) in [4.78, 5) is 0. The normalized spacial score (nSPS) is 42.2. The van der Waals surface area contributed by atoms with Gasteiger partial charge in [0.15, 0.2) is 0 Å². The third-order valence-electron chi connectivity index (χ3n) is 7.42. The molecule has 0 amide bonds. The van der Waals surface area contributed by atoms with Crippen molar-refractivity contribution in [1.82, 2.24) is 4.67 Å². The fourth-order valence-corrected chi connectivity index (χ4v) is 7.72. The highest BCUT2D eigenvalue weighted by molar-refractivity contribution is 7.44. The van der Waals surface area contributed by atoms with Crippen LogP contribution in [0.25, 0.3) is 0 Å². The van der Waals surface area contributed by atoms with Crippen LogP contribution in [0.15, 0.2) is 24.3 Å². The van der Waals surface area contributed by atoms with Gasteiger partial charge in [-0.2, -0.15) is 0 Å². The molecule has 0 bridgehead atoms. The maximum absolute atomic E-state index is 6.70. The van der Waals surface area contributed by atoms with Crippen LogP contribution in [0.3, 0.4) is 0 Å². The minimum absolute atomic E-state index is 0.328. The minimum Gasteiger partial charge on any atom is -0.318 e. The fourth-order valence-electron chi connectivity index (χ4n) is 6.35. The lowest BCUT2D eigenvalue weighted by Crippen LogP contribution is -2.46. The van der Waals surface area contributed by atoms with Crippen molar-refractivity contribution in [3.05, 3.63) is 35.4 Å². The highest BCUT2D eigenvalue weighted by Crippen LogP contribution is 2.60. The van der Waals surface area contributed by atoms with E-state index in [1.165, 1.54) is 38.5 Å². The first-order valence-electron chi connectivity index (χ1n) is 10.6. The highest BCUT2D eigenvalue weighted by atomic mass is 31.2. The van der Waals surface area contributed by atoms with E-state index >= 15 is 0 Å². The van der Waals surface area contributed by atoms with E-state index in [-0.39, 0.29) is 0 Å². The monoisotopic (exact) mass is 373 g/mol. The minimum atomic E-state index is -0.925. The third-order valence-corrected chi connectivity index (χ3v) is 8.97. The molecule has 1 aliphatic heterocycles. The lowest BCUT2D eigenvalue weighted by molar-refractivity contribution is -0.0130. The fraction of sp³-hybridized carbons (Fsp3) is 0.727. The van der Waals surface area contributed by atoms with Crippen LogP contribution >= 0.6 is 8.53 Å². The van der Waals surface area contributed by atoms with Crippen LogP contribution in [0.4, 0.5) is 0 Å². The van der Waals surface area contributed by atoms with Gasteiger partial charge < -0.3 is 9.05 Å². The number of nitrogens with zero attached hydrogens (tertiary/aromatic N) is 1. The Bertz CT molecular complexity index is 651. The predicted octanol–water partition coefficient (Wildman–Crippen LogP) is 5.51. The van der Waals surface area contributed by atoms with Gasteiger partial charge in [-0.1, -0.05) is 43.5 Å². The van der Waals surface area contributed by atoms with E-state index in [2.05, 4.69) is 43.0 Å². The van der Waals surface area contributed by atoms with E-state index in [4.69, 9.17) is 9.05 Å². The van der Waals surface area contributed by atoms with Crippen LogP contribution < -0.4 is 0 Å². The van der Waals surface area contributed by atoms with Gasteiger partial charge in [0.2, 0.25) is 0 Å². The van der Waals surface area contributed by atoms with Gasteiger partial charge in [0.1, 0.15) is 0 Å². The van der Waals surface area contributed by atoms with Gasteiger partial charge in [0.25, 0.3) is 8.53 Å². The average Bonchev–Trinajstić information content (AvgIpc) is 2.85. The zero-order chi connectivity index (χ0) is 17.7. The van der Waals surface area contributed by atoms with E-state index in [1.807, 2.05) is 0 Å². The second-order valence-electron chi connectivity index (χ2n) is 9.00. The molecule has 0 spiro atoms. The lowest BCUT2D eigenvalue weighted by atomic mass is 9.57. The molecule has 3 aliphatic carbocycles. The summed E-state index contributed by atoms with van der Waals surface area (Å²) in [6, 6.07) is 9.18. The first-order valence-corrected chi connectivity index (χ1v) is 11.7. The molecular formula is C22H32NO2P. The van der Waals surface area contributed by atoms with Crippen LogP contribution in [0.2, 0.25) is 0 Å². The lowest BCUT2D eigenvalue weighted by Gasteiger charge is -2.49. The van der Waals surface area contributed by atoms with Crippen molar-refractivity contribution >= 4 is 8.53 Å². The van der Waals surface area contributed by atoms with Crippen molar-refractivity contribution in [3.63, 3.8) is 0 Å². The Morgan fingerprint density at radius 3 is 2.62 bits per heavy atom. The number of fused-ring (bicyclic) bond motifs is 7. The molecule has 5 unspecified atom stereocenters. The molecule has 2 saturated carbocycles. The van der Waals surface area contributed by atoms with Gasteiger partial charge in [0, 0.05) is 5.92 Å². The van der Waals surface area contributed by atoms with E-state index in [9.17, 15) is 0 Å². The van der Waals surface area contributed by atoms with Gasteiger partial charge in [-0.25, -0.2) is 4.67 Å². The summed E-state index contributed by atoms with van der Waals surface area (Å²) in [5, 5.41) is 0. The molecule has 1 aromatic carbocycles. The Labute approximate surface area is 159 Å². The van der Waals surface area contributed by atoms with Crippen molar-refractivity contribution in [2.75, 3.05) is 14.1 Å². The van der Waals surface area contributed by atoms with Gasteiger partial charge in [0.05, 0.1) is 12.2 Å². The Morgan fingerprint density at radius 2 is 1.73 bits per heavy atom. The zero-order valence-electron chi connectivity index (χ0n) is 16.1. The number of aryl methyl sites for hydroxylation is 1. The molecule has 5 rings (SSSR count). The van der Waals surface area contributed by atoms with E-state index < -0.39 is 8.53 Å². The van der Waals surface area contributed by atoms with Crippen LogP contribution in [0, 0.1) is 17.8 Å². The largest absolute Gasteiger partial charge is 0.318 e. The first kappa shape index (κ1) is 17.6. The number of benzene rings is 1. The Balaban J connectivity index is 1.58. The Hall–Kier alpha value is -0.470. The topological polar surface area (TPSA) is 21.7 Å². The van der Waals surface area contributed by atoms with Gasteiger partial charge in [-0.15, -0.1) is 0 Å². The molecule has 4 heteroatoms. The molecule has 3 nitrogen and oxygen atoms in total. The van der Waals surface area contributed by atoms with Crippen LogP contribution in [-0.4, -0.2) is 31.0 Å². The SMILES string of the molecule is CN(C)P1OC2CCC3CCCCC3[C@@H]2[C@@H]2c3ccccc3CCC2O1. The second kappa shape index (κ2) is 7.17. The van der Waals surface area contributed by atoms with E-state index in [0.29, 0.717) is 24.0 Å². The number of hydrogen-bond acceptors (Lipinski definition) is 3. The van der Waals surface area contributed by atoms with Crippen molar-refractivity contribution in [2.24, 2.45) is 17.8 Å². The van der Waals surface area contributed by atoms with Gasteiger partial charge >= 0.3 is 0 Å². The molecule has 1 heterocycles. The molecule has 4 aliphatic rings. The van der Waals surface area contributed by atoms with Crippen molar-refractivity contribution in [2.45, 2.75) is 69.5 Å². The van der Waals surface area contributed by atoms with Crippen molar-refractivity contribution in [3.8, 4) is 0 Å². The zero-order valence-corrected chi connectivity index (χ0v) is 17.0. The average molecular weight is 373 g/mol. The summed E-state index contributed by atoms with van der Waals surface area (Å²) in [6.45, 7) is 0. The molecule has 7 atom stereocenters. The maximum atomic E-state index is 6.70. The summed E-state index contributed by atoms with van der Waals surface area (Å²) < 4.78 is 15.6. The predicted molar refractivity (Wildman–Crippen MR) is 106 cm³/mol. The van der Waals surface area contributed by atoms with Gasteiger partial charge in [-0.3, -0.25) is 0 Å². The summed E-state index contributed by atoms with van der Waals surface area (Å²) in [6.07, 6.45) is 11.3. The number of hydrogen-bond donors (Lipinski definition) is 0. The molecule has 0 N–H and O–H groups in total. The molecule has 0 radical (unpaired) electrons. The van der Waals surface area contributed by atoms with Crippen molar-refractivity contribution in [1.29, 1.82) is 0 Å². The van der Waals surface area contributed by atoms with Crippen LogP contribution in [0.5, 0.6) is 0 Å². The summed E-state index contributed by atoms with van der Waals surface area (Å²) in [5.74, 6) is 2.94. The van der Waals surface area contributed by atoms with Crippen LogP contribution in [-0.2, 0) is 15.5 Å². The second-order valence-corrected chi connectivity index (χ2v) is 10.7. The Kier molecular flexibility index (Phi) is 4.86. The van der Waals surface area contributed by atoms with E-state index in [0.717, 1.165) is 24.7 Å². The molecule has 1 saturated heterocycles. The van der Waals surface area contributed by atoms with Crippen molar-refractivity contribution < 1.29 is 9.05 Å². The van der Waals surface area contributed by atoms with Gasteiger partial charge in [-0.05, 0) is 75.1 Å². The number of rotatable bonds is 1. The summed E-state index contributed by atoms with van der Waals surface area (Å²) in [7, 11) is 3.31. The molecule has 26 heavy (non-hydrogen) atoms. The molecule has 3 fully saturated rings. The third kappa shape index (κ3) is 2.96.